The smallest absolute Gasteiger partial charge is 0.253 e. The molecule has 0 aliphatic carbocycles. The number of benzene rings is 3. The third-order valence-corrected chi connectivity index (χ3v) is 4.85. The number of hydrogen-bond acceptors (Lipinski definition) is 3. The van der Waals surface area contributed by atoms with Crippen LogP contribution < -0.4 is 16.0 Å². The summed E-state index contributed by atoms with van der Waals surface area (Å²) in [6.07, 6.45) is -0.0289. The van der Waals surface area contributed by atoms with Crippen LogP contribution in [-0.4, -0.2) is 24.3 Å². The lowest BCUT2D eigenvalue weighted by atomic mass is 10.0. The molecule has 158 valence electrons. The summed E-state index contributed by atoms with van der Waals surface area (Å²) in [5.41, 5.74) is 1.75. The van der Waals surface area contributed by atoms with Gasteiger partial charge in [-0.15, -0.1) is 0 Å². The first-order valence-corrected chi connectivity index (χ1v) is 10.1. The van der Waals surface area contributed by atoms with E-state index in [1.54, 1.807) is 48.5 Å². The molecule has 0 radical (unpaired) electrons. The Morgan fingerprint density at radius 2 is 1.39 bits per heavy atom. The van der Waals surface area contributed by atoms with Gasteiger partial charge in [0.1, 0.15) is 0 Å². The van der Waals surface area contributed by atoms with Crippen LogP contribution in [0.15, 0.2) is 84.9 Å². The van der Waals surface area contributed by atoms with Crippen LogP contribution in [0.2, 0.25) is 5.02 Å². The molecule has 0 spiro atoms. The summed E-state index contributed by atoms with van der Waals surface area (Å²) in [5, 5.41) is 8.49. The van der Waals surface area contributed by atoms with Gasteiger partial charge >= 0.3 is 0 Å². The highest BCUT2D eigenvalue weighted by atomic mass is 35.5. The molecule has 3 N–H and O–H groups in total. The molecular weight excluding hydrogens is 414 g/mol. The molecule has 6 nitrogen and oxygen atoms in total. The van der Waals surface area contributed by atoms with Gasteiger partial charge in [-0.05, 0) is 29.8 Å². The molecule has 0 aliphatic rings. The summed E-state index contributed by atoms with van der Waals surface area (Å²) in [6, 6.07) is 24.3. The molecule has 3 aromatic carbocycles. The molecule has 3 amide bonds. The molecule has 0 aliphatic heterocycles. The molecule has 3 aromatic rings. The zero-order valence-corrected chi connectivity index (χ0v) is 17.4. The molecule has 1 atom stereocenters. The van der Waals surface area contributed by atoms with Crippen LogP contribution in [0.5, 0.6) is 0 Å². The summed E-state index contributed by atoms with van der Waals surface area (Å²) in [6.45, 7) is -0.173. The Bertz CT molecular complexity index is 1040. The Morgan fingerprint density at radius 3 is 2.06 bits per heavy atom. The first-order valence-electron chi connectivity index (χ1n) is 9.75. The van der Waals surface area contributed by atoms with Crippen LogP contribution in [-0.2, 0) is 9.59 Å². The number of para-hydroxylation sites is 1. The van der Waals surface area contributed by atoms with Crippen LogP contribution in [0.1, 0.15) is 28.4 Å². The second-order valence-corrected chi connectivity index (χ2v) is 7.22. The Labute approximate surface area is 185 Å². The van der Waals surface area contributed by atoms with Crippen molar-refractivity contribution in [3.8, 4) is 0 Å². The SMILES string of the molecule is O=C(CC(NC(=O)c1ccccc1Cl)c1ccccc1)NCC(=O)Nc1ccccc1. The third-order valence-electron chi connectivity index (χ3n) is 4.52. The molecular formula is C24H22ClN3O3. The quantitative estimate of drug-likeness (QED) is 0.500. The fourth-order valence-electron chi connectivity index (χ4n) is 2.98. The van der Waals surface area contributed by atoms with Crippen molar-refractivity contribution in [3.05, 3.63) is 101 Å². The maximum absolute atomic E-state index is 12.7. The largest absolute Gasteiger partial charge is 0.347 e. The van der Waals surface area contributed by atoms with E-state index in [4.69, 9.17) is 11.6 Å². The summed E-state index contributed by atoms with van der Waals surface area (Å²) >= 11 is 6.12. The zero-order chi connectivity index (χ0) is 22.1. The minimum atomic E-state index is -0.581. The zero-order valence-electron chi connectivity index (χ0n) is 16.7. The van der Waals surface area contributed by atoms with Gasteiger partial charge in [-0.2, -0.15) is 0 Å². The van der Waals surface area contributed by atoms with Gasteiger partial charge in [-0.1, -0.05) is 72.3 Å². The second kappa shape index (κ2) is 10.9. The molecule has 0 saturated carbocycles. The Hall–Kier alpha value is -3.64. The van der Waals surface area contributed by atoms with Crippen molar-refractivity contribution < 1.29 is 14.4 Å². The van der Waals surface area contributed by atoms with Crippen molar-refractivity contribution in [2.75, 3.05) is 11.9 Å². The number of carbonyl (C=O) groups excluding carboxylic acids is 3. The first kappa shape index (κ1) is 22.1. The van der Waals surface area contributed by atoms with Gasteiger partial charge in [0.15, 0.2) is 0 Å². The molecule has 0 saturated heterocycles. The van der Waals surface area contributed by atoms with Gasteiger partial charge in [0.2, 0.25) is 11.8 Å². The van der Waals surface area contributed by atoms with E-state index in [1.807, 2.05) is 36.4 Å². The molecule has 3 rings (SSSR count). The van der Waals surface area contributed by atoms with Crippen molar-refractivity contribution in [3.63, 3.8) is 0 Å². The van der Waals surface area contributed by atoms with Crippen molar-refractivity contribution in [1.29, 1.82) is 0 Å². The number of halogens is 1. The van der Waals surface area contributed by atoms with Crippen molar-refractivity contribution in [2.24, 2.45) is 0 Å². The number of hydrogen-bond donors (Lipinski definition) is 3. The van der Waals surface area contributed by atoms with Gasteiger partial charge < -0.3 is 16.0 Å². The van der Waals surface area contributed by atoms with Crippen molar-refractivity contribution in [2.45, 2.75) is 12.5 Å². The number of rotatable bonds is 8. The van der Waals surface area contributed by atoms with Gasteiger partial charge in [0.05, 0.1) is 29.6 Å². The molecule has 1 unspecified atom stereocenters. The molecule has 0 heterocycles. The predicted octanol–water partition coefficient (Wildman–Crippen LogP) is 3.96. The standard InChI is InChI=1S/C24H22ClN3O3/c25-20-14-8-7-13-19(20)24(31)28-21(17-9-3-1-4-10-17)15-22(29)26-16-23(30)27-18-11-5-2-6-12-18/h1-14,21H,15-16H2,(H,26,29)(H,27,30)(H,28,31). The van der Waals surface area contributed by atoms with E-state index in [0.717, 1.165) is 5.56 Å². The highest BCUT2D eigenvalue weighted by molar-refractivity contribution is 6.33. The summed E-state index contributed by atoms with van der Waals surface area (Å²) in [4.78, 5) is 37.3. The molecule has 0 fully saturated rings. The minimum Gasteiger partial charge on any atom is -0.347 e. The number of carbonyl (C=O) groups is 3. The second-order valence-electron chi connectivity index (χ2n) is 6.81. The average molecular weight is 436 g/mol. The van der Waals surface area contributed by atoms with Crippen LogP contribution >= 0.6 is 11.6 Å². The minimum absolute atomic E-state index is 0.0289. The van der Waals surface area contributed by atoms with Crippen molar-refractivity contribution >= 4 is 35.0 Å². The molecule has 0 aromatic heterocycles. The lowest BCUT2D eigenvalue weighted by Crippen LogP contribution is -2.37. The predicted molar refractivity (Wildman–Crippen MR) is 121 cm³/mol. The number of anilines is 1. The van der Waals surface area contributed by atoms with Crippen LogP contribution in [0, 0.1) is 0 Å². The van der Waals surface area contributed by atoms with E-state index in [1.165, 1.54) is 0 Å². The van der Waals surface area contributed by atoms with Crippen LogP contribution in [0.4, 0.5) is 5.69 Å². The third kappa shape index (κ3) is 6.69. The summed E-state index contributed by atoms with van der Waals surface area (Å²) in [7, 11) is 0. The van der Waals surface area contributed by atoms with E-state index in [0.29, 0.717) is 16.3 Å². The van der Waals surface area contributed by atoms with Gasteiger partial charge in [0.25, 0.3) is 5.91 Å². The highest BCUT2D eigenvalue weighted by Crippen LogP contribution is 2.20. The highest BCUT2D eigenvalue weighted by Gasteiger charge is 2.20. The first-order chi connectivity index (χ1) is 15.0. The van der Waals surface area contributed by atoms with Gasteiger partial charge in [-0.25, -0.2) is 0 Å². The van der Waals surface area contributed by atoms with E-state index < -0.39 is 6.04 Å². The fraction of sp³-hybridized carbons (Fsp3) is 0.125. The normalized spacial score (nSPS) is 11.3. The molecule has 7 heteroatoms. The Balaban J connectivity index is 1.62. The lowest BCUT2D eigenvalue weighted by Gasteiger charge is -2.19. The van der Waals surface area contributed by atoms with Crippen molar-refractivity contribution in [1.82, 2.24) is 10.6 Å². The van der Waals surface area contributed by atoms with E-state index in [2.05, 4.69) is 16.0 Å². The van der Waals surface area contributed by atoms with Crippen LogP contribution in [0.3, 0.4) is 0 Å². The molecule has 0 bridgehead atoms. The van der Waals surface area contributed by atoms with E-state index in [9.17, 15) is 14.4 Å². The fourth-order valence-corrected chi connectivity index (χ4v) is 3.20. The van der Waals surface area contributed by atoms with E-state index >= 15 is 0 Å². The Morgan fingerprint density at radius 1 is 0.774 bits per heavy atom. The van der Waals surface area contributed by atoms with Gasteiger partial charge in [0, 0.05) is 5.69 Å². The molecule has 31 heavy (non-hydrogen) atoms. The lowest BCUT2D eigenvalue weighted by molar-refractivity contribution is -0.124. The monoisotopic (exact) mass is 435 g/mol. The Kier molecular flexibility index (Phi) is 7.79. The maximum Gasteiger partial charge on any atom is 0.253 e. The summed E-state index contributed by atoms with van der Waals surface area (Å²) < 4.78 is 0. The maximum atomic E-state index is 12.7. The number of nitrogens with one attached hydrogen (secondary N) is 3. The number of amides is 3. The summed E-state index contributed by atoms with van der Waals surface area (Å²) in [5.74, 6) is -1.08. The van der Waals surface area contributed by atoms with Gasteiger partial charge in [-0.3, -0.25) is 14.4 Å². The average Bonchev–Trinajstić information content (AvgIpc) is 2.79. The topological polar surface area (TPSA) is 87.3 Å². The van der Waals surface area contributed by atoms with Crippen LogP contribution in [0.25, 0.3) is 0 Å². The van der Waals surface area contributed by atoms with E-state index in [-0.39, 0.29) is 30.7 Å².